The van der Waals surface area contributed by atoms with E-state index in [2.05, 4.69) is 21.2 Å². The number of halogens is 1. The van der Waals surface area contributed by atoms with E-state index in [0.717, 1.165) is 42.9 Å². The van der Waals surface area contributed by atoms with Gasteiger partial charge in [0.15, 0.2) is 0 Å². The molecule has 1 aromatic rings. The molecular formula is C13H17BrN2O2S. The number of likely N-dealkylation sites (tertiary alicyclic amines) is 1. The monoisotopic (exact) mass is 344 g/mol. The molecule has 0 aromatic carbocycles. The van der Waals surface area contributed by atoms with Crippen LogP contribution in [0.25, 0.3) is 0 Å². The Kier molecular flexibility index (Phi) is 3.82. The van der Waals surface area contributed by atoms with Gasteiger partial charge in [0.25, 0.3) is 0 Å². The zero-order valence-corrected chi connectivity index (χ0v) is 13.1. The third-order valence-electron chi connectivity index (χ3n) is 3.95. The van der Waals surface area contributed by atoms with Crippen molar-refractivity contribution in [3.8, 4) is 0 Å². The third-order valence-corrected chi connectivity index (χ3v) is 5.58. The van der Waals surface area contributed by atoms with E-state index in [9.17, 15) is 4.79 Å². The number of amides is 2. The van der Waals surface area contributed by atoms with Gasteiger partial charge in [-0.25, -0.2) is 4.79 Å². The number of nitrogens with one attached hydrogen (secondary N) is 1. The van der Waals surface area contributed by atoms with Gasteiger partial charge in [-0.05, 0) is 40.9 Å². The second-order valence-electron chi connectivity index (χ2n) is 5.34. The van der Waals surface area contributed by atoms with E-state index in [1.54, 1.807) is 11.3 Å². The summed E-state index contributed by atoms with van der Waals surface area (Å²) in [7, 11) is 0. The van der Waals surface area contributed by atoms with Crippen LogP contribution < -0.4 is 5.32 Å². The van der Waals surface area contributed by atoms with E-state index in [4.69, 9.17) is 4.74 Å². The summed E-state index contributed by atoms with van der Waals surface area (Å²) in [5.41, 5.74) is 0.239. The average Bonchev–Trinajstić information content (AvgIpc) is 3.11. The summed E-state index contributed by atoms with van der Waals surface area (Å²) in [5, 5.41) is 3.00. The standard InChI is InChI=1S/C13H17BrN2O2S/c14-11-2-1-10(19-11)7-15-12(17)16-5-3-13(8-16)4-6-18-9-13/h1-2H,3-9H2,(H,15,17)/t13-/m0/s1. The number of hydrogen-bond donors (Lipinski definition) is 1. The van der Waals surface area contributed by atoms with E-state index < -0.39 is 0 Å². The number of rotatable bonds is 2. The van der Waals surface area contributed by atoms with Crippen LogP contribution in [0.4, 0.5) is 4.79 Å². The van der Waals surface area contributed by atoms with Crippen LogP contribution in [0.2, 0.25) is 0 Å². The van der Waals surface area contributed by atoms with Gasteiger partial charge in [0.05, 0.1) is 16.9 Å². The first kappa shape index (κ1) is 13.4. The average molecular weight is 345 g/mol. The number of carbonyl (C=O) groups excluding carboxylic acids is 1. The van der Waals surface area contributed by atoms with Crippen molar-refractivity contribution in [3.63, 3.8) is 0 Å². The van der Waals surface area contributed by atoms with Crippen LogP contribution in [0, 0.1) is 5.41 Å². The summed E-state index contributed by atoms with van der Waals surface area (Å²) in [6.45, 7) is 3.96. The molecule has 0 aliphatic carbocycles. The first-order chi connectivity index (χ1) is 9.17. The second-order valence-corrected chi connectivity index (χ2v) is 7.89. The molecular weight excluding hydrogens is 328 g/mol. The van der Waals surface area contributed by atoms with Crippen molar-refractivity contribution >= 4 is 33.3 Å². The molecule has 2 aliphatic heterocycles. The Morgan fingerprint density at radius 3 is 3.11 bits per heavy atom. The molecule has 1 atom stereocenters. The predicted molar refractivity (Wildman–Crippen MR) is 78.3 cm³/mol. The summed E-state index contributed by atoms with van der Waals surface area (Å²) in [4.78, 5) is 15.2. The fourth-order valence-corrected chi connectivity index (χ4v) is 4.22. The molecule has 3 heterocycles. The minimum Gasteiger partial charge on any atom is -0.381 e. The van der Waals surface area contributed by atoms with Gasteiger partial charge >= 0.3 is 6.03 Å². The van der Waals surface area contributed by atoms with Gasteiger partial charge in [0.1, 0.15) is 0 Å². The molecule has 0 bridgehead atoms. The van der Waals surface area contributed by atoms with Crippen LogP contribution in [0.3, 0.4) is 0 Å². The minimum atomic E-state index is 0.0493. The van der Waals surface area contributed by atoms with Gasteiger partial charge in [-0.2, -0.15) is 0 Å². The molecule has 6 heteroatoms. The van der Waals surface area contributed by atoms with Crippen molar-refractivity contribution in [2.24, 2.45) is 5.41 Å². The highest BCUT2D eigenvalue weighted by Gasteiger charge is 2.42. The Balaban J connectivity index is 1.51. The van der Waals surface area contributed by atoms with Gasteiger partial charge in [0, 0.05) is 30.0 Å². The van der Waals surface area contributed by atoms with E-state index in [0.29, 0.717) is 6.54 Å². The van der Waals surface area contributed by atoms with E-state index >= 15 is 0 Å². The fraction of sp³-hybridized carbons (Fsp3) is 0.615. The van der Waals surface area contributed by atoms with Gasteiger partial charge in [-0.3, -0.25) is 0 Å². The minimum absolute atomic E-state index is 0.0493. The zero-order chi connectivity index (χ0) is 13.3. The lowest BCUT2D eigenvalue weighted by atomic mass is 9.87. The number of carbonyl (C=O) groups is 1. The van der Waals surface area contributed by atoms with Crippen molar-refractivity contribution in [1.82, 2.24) is 10.2 Å². The zero-order valence-electron chi connectivity index (χ0n) is 10.7. The quantitative estimate of drug-likeness (QED) is 0.896. The molecule has 4 nitrogen and oxygen atoms in total. The highest BCUT2D eigenvalue weighted by molar-refractivity contribution is 9.11. The first-order valence-electron chi connectivity index (χ1n) is 6.52. The Labute approximate surface area is 125 Å². The topological polar surface area (TPSA) is 41.6 Å². The molecule has 3 rings (SSSR count). The van der Waals surface area contributed by atoms with Gasteiger partial charge in [0.2, 0.25) is 0 Å². The number of urea groups is 1. The lowest BCUT2D eigenvalue weighted by Gasteiger charge is -2.22. The van der Waals surface area contributed by atoms with Crippen LogP contribution in [-0.2, 0) is 11.3 Å². The Bertz CT molecular complexity index is 471. The molecule has 19 heavy (non-hydrogen) atoms. The maximum Gasteiger partial charge on any atom is 0.317 e. The normalized spacial score (nSPS) is 26.3. The first-order valence-corrected chi connectivity index (χ1v) is 8.13. The van der Waals surface area contributed by atoms with E-state index in [-0.39, 0.29) is 11.4 Å². The Morgan fingerprint density at radius 1 is 1.53 bits per heavy atom. The van der Waals surface area contributed by atoms with Crippen molar-refractivity contribution in [2.45, 2.75) is 19.4 Å². The molecule has 2 fully saturated rings. The molecule has 1 N–H and O–H groups in total. The molecule has 1 aromatic heterocycles. The lowest BCUT2D eigenvalue weighted by Crippen LogP contribution is -2.39. The highest BCUT2D eigenvalue weighted by atomic mass is 79.9. The van der Waals surface area contributed by atoms with Crippen LogP contribution in [-0.4, -0.2) is 37.2 Å². The van der Waals surface area contributed by atoms with Gasteiger partial charge in [-0.15, -0.1) is 11.3 Å². The summed E-state index contributed by atoms with van der Waals surface area (Å²) < 4.78 is 6.58. The summed E-state index contributed by atoms with van der Waals surface area (Å²) >= 11 is 5.08. The van der Waals surface area contributed by atoms with Gasteiger partial charge in [-0.1, -0.05) is 0 Å². The smallest absolute Gasteiger partial charge is 0.317 e. The third kappa shape index (κ3) is 2.95. The maximum atomic E-state index is 12.1. The number of thiophene rings is 1. The van der Waals surface area contributed by atoms with E-state index in [1.165, 1.54) is 4.88 Å². The van der Waals surface area contributed by atoms with Crippen molar-refractivity contribution in [1.29, 1.82) is 0 Å². The summed E-state index contributed by atoms with van der Waals surface area (Å²) in [5.74, 6) is 0. The molecule has 2 saturated heterocycles. The van der Waals surface area contributed by atoms with E-state index in [1.807, 2.05) is 17.0 Å². The number of hydrogen-bond acceptors (Lipinski definition) is 3. The molecule has 0 unspecified atom stereocenters. The largest absolute Gasteiger partial charge is 0.381 e. The summed E-state index contributed by atoms with van der Waals surface area (Å²) in [6.07, 6.45) is 2.17. The number of nitrogens with zero attached hydrogens (tertiary/aromatic N) is 1. The summed E-state index contributed by atoms with van der Waals surface area (Å²) in [6, 6.07) is 4.09. The second kappa shape index (κ2) is 5.42. The number of ether oxygens (including phenoxy) is 1. The molecule has 0 saturated carbocycles. The molecule has 104 valence electrons. The molecule has 2 aliphatic rings. The van der Waals surface area contributed by atoms with Crippen molar-refractivity contribution in [2.75, 3.05) is 26.3 Å². The van der Waals surface area contributed by atoms with Crippen LogP contribution in [0.5, 0.6) is 0 Å². The lowest BCUT2D eigenvalue weighted by molar-refractivity contribution is 0.152. The SMILES string of the molecule is O=C(NCc1ccc(Br)s1)N1CC[C@]2(CCOC2)C1. The molecule has 0 radical (unpaired) electrons. The highest BCUT2D eigenvalue weighted by Crippen LogP contribution is 2.38. The Morgan fingerprint density at radius 2 is 2.42 bits per heavy atom. The van der Waals surface area contributed by atoms with Crippen molar-refractivity contribution in [3.05, 3.63) is 20.8 Å². The fourth-order valence-electron chi connectivity index (χ4n) is 2.80. The molecule has 2 amide bonds. The van der Waals surface area contributed by atoms with Crippen LogP contribution in [0.15, 0.2) is 15.9 Å². The van der Waals surface area contributed by atoms with Gasteiger partial charge < -0.3 is 15.0 Å². The van der Waals surface area contributed by atoms with Crippen molar-refractivity contribution < 1.29 is 9.53 Å². The Hall–Kier alpha value is -0.590. The predicted octanol–water partition coefficient (Wildman–Crippen LogP) is 2.83. The van der Waals surface area contributed by atoms with Crippen LogP contribution >= 0.6 is 27.3 Å². The maximum absolute atomic E-state index is 12.1. The van der Waals surface area contributed by atoms with Crippen LogP contribution in [0.1, 0.15) is 17.7 Å². The molecule has 1 spiro atoms.